The third kappa shape index (κ3) is 4.03. The molecule has 2 amide bonds. The number of hydrogen-bond donors (Lipinski definition) is 2. The van der Waals surface area contributed by atoms with Crippen molar-refractivity contribution in [2.45, 2.75) is 62.6 Å². The smallest absolute Gasteiger partial charge is 0.231 e. The first-order valence-electron chi connectivity index (χ1n) is 12.2. The van der Waals surface area contributed by atoms with Gasteiger partial charge in [-0.2, -0.15) is 0 Å². The molecule has 1 saturated heterocycles. The predicted molar refractivity (Wildman–Crippen MR) is 130 cm³/mol. The van der Waals surface area contributed by atoms with Gasteiger partial charge in [-0.25, -0.2) is 9.97 Å². The molecular formula is C25H29ClN6O2. The highest BCUT2D eigenvalue weighted by molar-refractivity contribution is 6.30. The highest BCUT2D eigenvalue weighted by atomic mass is 35.5. The highest BCUT2D eigenvalue weighted by Crippen LogP contribution is 2.44. The van der Waals surface area contributed by atoms with Crippen molar-refractivity contribution in [1.82, 2.24) is 20.2 Å². The van der Waals surface area contributed by atoms with E-state index in [4.69, 9.17) is 11.6 Å². The molecule has 2 aromatic rings. The average Bonchev–Trinajstić information content (AvgIpc) is 3.73. The maximum absolute atomic E-state index is 13.8. The van der Waals surface area contributed by atoms with Crippen LogP contribution in [-0.4, -0.2) is 64.4 Å². The second-order valence-electron chi connectivity index (χ2n) is 9.99. The van der Waals surface area contributed by atoms with Gasteiger partial charge in [-0.1, -0.05) is 30.7 Å². The Morgan fingerprint density at radius 2 is 2.00 bits per heavy atom. The fourth-order valence-corrected chi connectivity index (χ4v) is 5.60. The summed E-state index contributed by atoms with van der Waals surface area (Å²) in [5, 5.41) is 7.13. The first-order chi connectivity index (χ1) is 16.5. The van der Waals surface area contributed by atoms with E-state index in [1.807, 2.05) is 24.3 Å². The Bertz CT molecular complexity index is 1120. The van der Waals surface area contributed by atoms with Crippen LogP contribution < -0.4 is 15.5 Å². The minimum Gasteiger partial charge on any atom is -0.349 e. The molecule has 6 rings (SSSR count). The number of aromatic nitrogens is 2. The van der Waals surface area contributed by atoms with E-state index in [9.17, 15) is 9.59 Å². The van der Waals surface area contributed by atoms with Crippen LogP contribution in [0.1, 0.15) is 55.6 Å². The van der Waals surface area contributed by atoms with E-state index >= 15 is 0 Å². The van der Waals surface area contributed by atoms with Crippen molar-refractivity contribution in [3.8, 4) is 0 Å². The molecule has 2 aliphatic heterocycles. The fraction of sp³-hybridized carbons (Fsp3) is 0.520. The lowest BCUT2D eigenvalue weighted by Gasteiger charge is -2.38. The summed E-state index contributed by atoms with van der Waals surface area (Å²) in [5.41, 5.74) is 2.02. The minimum absolute atomic E-state index is 0.00240. The molecule has 1 aromatic carbocycles. The zero-order chi connectivity index (χ0) is 23.4. The number of nitrogens with zero attached hydrogens (tertiary/aromatic N) is 4. The molecule has 2 aliphatic carbocycles. The highest BCUT2D eigenvalue weighted by Gasteiger charge is 2.52. The number of nitrogens with one attached hydrogen (secondary N) is 2. The van der Waals surface area contributed by atoms with Crippen LogP contribution in [0.15, 0.2) is 30.6 Å². The van der Waals surface area contributed by atoms with E-state index in [1.54, 1.807) is 0 Å². The molecule has 8 nitrogen and oxygen atoms in total. The monoisotopic (exact) mass is 480 g/mol. The molecule has 34 heavy (non-hydrogen) atoms. The Labute approximate surface area is 204 Å². The van der Waals surface area contributed by atoms with E-state index in [-0.39, 0.29) is 35.7 Å². The van der Waals surface area contributed by atoms with Crippen molar-refractivity contribution in [2.75, 3.05) is 29.9 Å². The third-order valence-electron chi connectivity index (χ3n) is 7.53. The second kappa shape index (κ2) is 8.50. The molecule has 4 atom stereocenters. The van der Waals surface area contributed by atoms with Gasteiger partial charge in [0.25, 0.3) is 0 Å². The van der Waals surface area contributed by atoms with Crippen molar-refractivity contribution in [1.29, 1.82) is 0 Å². The summed E-state index contributed by atoms with van der Waals surface area (Å²) >= 11 is 6.10. The second-order valence-corrected chi connectivity index (χ2v) is 10.4. The minimum atomic E-state index is -0.215. The molecule has 3 fully saturated rings. The lowest BCUT2D eigenvalue weighted by molar-refractivity contribution is -0.133. The summed E-state index contributed by atoms with van der Waals surface area (Å²) < 4.78 is 0. The molecule has 0 unspecified atom stereocenters. The van der Waals surface area contributed by atoms with Gasteiger partial charge in [0.2, 0.25) is 11.8 Å². The van der Waals surface area contributed by atoms with Gasteiger partial charge in [-0.05, 0) is 42.9 Å². The maximum atomic E-state index is 13.8. The van der Waals surface area contributed by atoms with Gasteiger partial charge >= 0.3 is 0 Å². The summed E-state index contributed by atoms with van der Waals surface area (Å²) in [6.07, 6.45) is 5.28. The summed E-state index contributed by atoms with van der Waals surface area (Å²) in [6.45, 7) is 4.09. The van der Waals surface area contributed by atoms with Crippen LogP contribution in [0, 0.1) is 0 Å². The van der Waals surface area contributed by atoms with Crippen molar-refractivity contribution in [3.05, 3.63) is 46.7 Å². The number of hydrogen-bond acceptors (Lipinski definition) is 6. The standard InChI is InChI=1S/C25H29ClN6O2/c1-14-10-21(33)30-23-22(14)24(29-13-28-23)31-8-9-32(20-11-19(20)31)25(34)18(12-27-17-6-7-17)15-2-4-16(26)5-3-15/h2-5,13-14,17-20,27H,6-12H2,1H3,(H,28,29,30,33)/t14-,18-,19+,20-/m1/s1. The van der Waals surface area contributed by atoms with E-state index in [2.05, 4.69) is 37.3 Å². The average molecular weight is 481 g/mol. The van der Waals surface area contributed by atoms with Crippen LogP contribution >= 0.6 is 11.6 Å². The number of amides is 2. The summed E-state index contributed by atoms with van der Waals surface area (Å²) in [7, 11) is 0. The Morgan fingerprint density at radius 3 is 2.76 bits per heavy atom. The fourth-order valence-electron chi connectivity index (χ4n) is 5.47. The van der Waals surface area contributed by atoms with Crippen molar-refractivity contribution >= 4 is 35.1 Å². The Balaban J connectivity index is 1.21. The Hall–Kier alpha value is -2.71. The quantitative estimate of drug-likeness (QED) is 0.660. The Morgan fingerprint density at radius 1 is 1.21 bits per heavy atom. The lowest BCUT2D eigenvalue weighted by Crippen LogP contribution is -2.51. The van der Waals surface area contributed by atoms with Gasteiger partial charge in [-0.15, -0.1) is 0 Å². The van der Waals surface area contributed by atoms with Gasteiger partial charge in [-0.3, -0.25) is 9.59 Å². The molecule has 178 valence electrons. The zero-order valence-corrected chi connectivity index (χ0v) is 20.0. The number of piperazine rings is 1. The van der Waals surface area contributed by atoms with Crippen LogP contribution in [0.5, 0.6) is 0 Å². The number of carbonyl (C=O) groups excluding carboxylic acids is 2. The maximum Gasteiger partial charge on any atom is 0.231 e. The molecule has 2 saturated carbocycles. The number of fused-ring (bicyclic) bond motifs is 2. The third-order valence-corrected chi connectivity index (χ3v) is 7.78. The number of anilines is 2. The van der Waals surface area contributed by atoms with Crippen molar-refractivity contribution in [2.24, 2.45) is 0 Å². The summed E-state index contributed by atoms with van der Waals surface area (Å²) in [6, 6.07) is 8.67. The largest absolute Gasteiger partial charge is 0.349 e. The summed E-state index contributed by atoms with van der Waals surface area (Å²) in [4.78, 5) is 39.1. The molecular weight excluding hydrogens is 452 g/mol. The topological polar surface area (TPSA) is 90.5 Å². The number of carbonyl (C=O) groups is 2. The van der Waals surface area contributed by atoms with Gasteiger partial charge in [0.05, 0.1) is 18.0 Å². The first-order valence-corrected chi connectivity index (χ1v) is 12.6. The molecule has 4 aliphatic rings. The molecule has 3 heterocycles. The van der Waals surface area contributed by atoms with Crippen LogP contribution in [0.25, 0.3) is 0 Å². The molecule has 0 bridgehead atoms. The van der Waals surface area contributed by atoms with Crippen LogP contribution in [-0.2, 0) is 9.59 Å². The molecule has 2 N–H and O–H groups in total. The predicted octanol–water partition coefficient (Wildman–Crippen LogP) is 2.90. The van der Waals surface area contributed by atoms with E-state index in [0.29, 0.717) is 36.4 Å². The van der Waals surface area contributed by atoms with E-state index < -0.39 is 0 Å². The van der Waals surface area contributed by atoms with Crippen LogP contribution in [0.3, 0.4) is 0 Å². The number of rotatable bonds is 6. The van der Waals surface area contributed by atoms with Crippen molar-refractivity contribution in [3.63, 3.8) is 0 Å². The van der Waals surface area contributed by atoms with Gasteiger partial charge in [0.15, 0.2) is 0 Å². The summed E-state index contributed by atoms with van der Waals surface area (Å²) in [5.74, 6) is 1.57. The number of benzene rings is 1. The lowest BCUT2D eigenvalue weighted by atomic mass is 9.94. The molecule has 0 spiro atoms. The van der Waals surface area contributed by atoms with E-state index in [1.165, 1.54) is 19.2 Å². The van der Waals surface area contributed by atoms with E-state index in [0.717, 1.165) is 29.9 Å². The van der Waals surface area contributed by atoms with Gasteiger partial charge in [0.1, 0.15) is 18.0 Å². The van der Waals surface area contributed by atoms with Gasteiger partial charge in [0, 0.05) is 42.7 Å². The molecule has 0 radical (unpaired) electrons. The van der Waals surface area contributed by atoms with Gasteiger partial charge < -0.3 is 20.4 Å². The molecule has 1 aromatic heterocycles. The van der Waals surface area contributed by atoms with Crippen LogP contribution in [0.4, 0.5) is 11.6 Å². The Kier molecular flexibility index (Phi) is 5.45. The van der Waals surface area contributed by atoms with Crippen LogP contribution in [0.2, 0.25) is 5.02 Å². The normalized spacial score (nSPS) is 26.4. The number of halogens is 1. The zero-order valence-electron chi connectivity index (χ0n) is 19.2. The van der Waals surface area contributed by atoms with Crippen molar-refractivity contribution < 1.29 is 9.59 Å². The SMILES string of the molecule is C[C@@H]1CC(=O)Nc2ncnc(N3CCN(C(=O)[C@H](CNC4CC4)c4ccc(Cl)cc4)[C@@H]4C[C@@H]43)c21. The first kappa shape index (κ1) is 21.8. The molecule has 9 heteroatoms.